The number of hydrogen-bond acceptors (Lipinski definition) is 2. The third-order valence-electron chi connectivity index (χ3n) is 2.66. The molecule has 0 saturated carbocycles. The van der Waals surface area contributed by atoms with Gasteiger partial charge in [-0.05, 0) is 12.1 Å². The minimum atomic E-state index is -4.67. The van der Waals surface area contributed by atoms with Crippen molar-refractivity contribution in [1.82, 2.24) is 15.3 Å². The van der Waals surface area contributed by atoms with Crippen molar-refractivity contribution in [3.63, 3.8) is 0 Å². The molecule has 1 amide bonds. The number of H-pyrrole nitrogens is 1. The molecule has 0 bridgehead atoms. The predicted octanol–water partition coefficient (Wildman–Crippen LogP) is 2.12. The van der Waals surface area contributed by atoms with E-state index < -0.39 is 18.3 Å². The topological polar surface area (TPSA) is 57.8 Å². The highest BCUT2D eigenvalue weighted by atomic mass is 19.3. The van der Waals surface area contributed by atoms with Gasteiger partial charge in [0.05, 0.1) is 11.0 Å². The Labute approximate surface area is 111 Å². The van der Waals surface area contributed by atoms with Crippen LogP contribution in [0.15, 0.2) is 24.3 Å². The van der Waals surface area contributed by atoms with Gasteiger partial charge in [-0.15, -0.1) is 0 Å². The summed E-state index contributed by atoms with van der Waals surface area (Å²) in [7, 11) is 0. The Kier molecular flexibility index (Phi) is 3.91. The molecule has 0 aliphatic heterocycles. The molecule has 1 aromatic heterocycles. The van der Waals surface area contributed by atoms with Crippen LogP contribution in [0.1, 0.15) is 5.82 Å². The van der Waals surface area contributed by atoms with Gasteiger partial charge in [-0.25, -0.2) is 13.8 Å². The Bertz CT molecular complexity index is 579. The molecule has 0 aliphatic carbocycles. The number of para-hydroxylation sites is 2. The van der Waals surface area contributed by atoms with Crippen LogP contribution >= 0.6 is 0 Å². The molecule has 108 valence electrons. The lowest BCUT2D eigenvalue weighted by Gasteiger charge is -2.14. The quantitative estimate of drug-likeness (QED) is 0.828. The molecule has 0 fully saturated rings. The maximum absolute atomic E-state index is 12.6. The SMILES string of the molecule is O=C(NCCc1nc2ccccc2[nH]1)C(F)(F)C(F)F. The average molecular weight is 289 g/mol. The first-order valence-corrected chi connectivity index (χ1v) is 5.79. The molecule has 0 radical (unpaired) electrons. The van der Waals surface area contributed by atoms with Gasteiger partial charge in [0.2, 0.25) is 0 Å². The molecule has 2 N–H and O–H groups in total. The van der Waals surface area contributed by atoms with Crippen molar-refractivity contribution in [2.24, 2.45) is 0 Å². The van der Waals surface area contributed by atoms with Crippen LogP contribution in [0.5, 0.6) is 0 Å². The van der Waals surface area contributed by atoms with E-state index in [1.807, 2.05) is 0 Å². The van der Waals surface area contributed by atoms with Gasteiger partial charge in [-0.1, -0.05) is 12.1 Å². The monoisotopic (exact) mass is 289 g/mol. The Morgan fingerprint density at radius 1 is 1.35 bits per heavy atom. The average Bonchev–Trinajstić information content (AvgIpc) is 2.80. The van der Waals surface area contributed by atoms with E-state index in [0.717, 1.165) is 5.52 Å². The van der Waals surface area contributed by atoms with Gasteiger partial charge in [0, 0.05) is 13.0 Å². The second kappa shape index (κ2) is 5.48. The number of hydrogen-bond donors (Lipinski definition) is 2. The number of nitrogens with one attached hydrogen (secondary N) is 2. The van der Waals surface area contributed by atoms with E-state index in [2.05, 4.69) is 9.97 Å². The van der Waals surface area contributed by atoms with Gasteiger partial charge in [-0.3, -0.25) is 4.79 Å². The smallest absolute Gasteiger partial charge is 0.350 e. The van der Waals surface area contributed by atoms with Crippen LogP contribution < -0.4 is 5.32 Å². The molecule has 1 heterocycles. The summed E-state index contributed by atoms with van der Waals surface area (Å²) in [4.78, 5) is 18.0. The van der Waals surface area contributed by atoms with E-state index in [-0.39, 0.29) is 13.0 Å². The molecule has 0 saturated heterocycles. The highest BCUT2D eigenvalue weighted by molar-refractivity contribution is 5.83. The highest BCUT2D eigenvalue weighted by Gasteiger charge is 2.48. The predicted molar refractivity (Wildman–Crippen MR) is 63.8 cm³/mol. The van der Waals surface area contributed by atoms with E-state index in [9.17, 15) is 22.4 Å². The van der Waals surface area contributed by atoms with Crippen molar-refractivity contribution in [2.75, 3.05) is 6.54 Å². The summed E-state index contributed by atoms with van der Waals surface area (Å²) >= 11 is 0. The molecule has 0 spiro atoms. The first kappa shape index (κ1) is 14.3. The number of nitrogens with zero attached hydrogens (tertiary/aromatic N) is 1. The molecule has 1 aromatic carbocycles. The van der Waals surface area contributed by atoms with Crippen LogP contribution in [0.4, 0.5) is 17.6 Å². The summed E-state index contributed by atoms with van der Waals surface area (Å²) in [5, 5.41) is 1.77. The zero-order valence-electron chi connectivity index (χ0n) is 10.2. The van der Waals surface area contributed by atoms with Crippen LogP contribution in [0.3, 0.4) is 0 Å². The number of benzene rings is 1. The third-order valence-corrected chi connectivity index (χ3v) is 2.66. The molecule has 0 aliphatic rings. The molecular weight excluding hydrogens is 278 g/mol. The minimum absolute atomic E-state index is 0.139. The Hall–Kier alpha value is -2.12. The van der Waals surface area contributed by atoms with E-state index in [0.29, 0.717) is 11.3 Å². The first-order chi connectivity index (χ1) is 9.41. The summed E-state index contributed by atoms with van der Waals surface area (Å²) in [5.74, 6) is -6.18. The molecule has 2 rings (SSSR count). The Morgan fingerprint density at radius 2 is 2.05 bits per heavy atom. The van der Waals surface area contributed by atoms with E-state index >= 15 is 0 Å². The molecule has 0 atom stereocenters. The number of aromatic nitrogens is 2. The van der Waals surface area contributed by atoms with Crippen LogP contribution in [0, 0.1) is 0 Å². The lowest BCUT2D eigenvalue weighted by molar-refractivity contribution is -0.169. The summed E-state index contributed by atoms with van der Waals surface area (Å²) in [6.07, 6.45) is -3.88. The number of halogens is 4. The number of imidazole rings is 1. The maximum atomic E-state index is 12.6. The van der Waals surface area contributed by atoms with Crippen molar-refractivity contribution in [1.29, 1.82) is 0 Å². The Morgan fingerprint density at radius 3 is 2.70 bits per heavy atom. The molecule has 4 nitrogen and oxygen atoms in total. The number of amides is 1. The second-order valence-electron chi connectivity index (χ2n) is 4.13. The Balaban J connectivity index is 1.91. The van der Waals surface area contributed by atoms with Crippen molar-refractivity contribution in [2.45, 2.75) is 18.8 Å². The fraction of sp³-hybridized carbons (Fsp3) is 0.333. The van der Waals surface area contributed by atoms with Gasteiger partial charge < -0.3 is 10.3 Å². The molecule has 0 unspecified atom stereocenters. The zero-order valence-corrected chi connectivity index (χ0v) is 10.2. The van der Waals surface area contributed by atoms with Crippen LogP contribution in [-0.2, 0) is 11.2 Å². The fourth-order valence-electron chi connectivity index (χ4n) is 1.64. The summed E-state index contributed by atoms with van der Waals surface area (Å²) < 4.78 is 49.1. The summed E-state index contributed by atoms with van der Waals surface area (Å²) in [6, 6.07) is 7.14. The van der Waals surface area contributed by atoms with Gasteiger partial charge in [0.15, 0.2) is 0 Å². The maximum Gasteiger partial charge on any atom is 0.383 e. The van der Waals surface area contributed by atoms with E-state index in [1.165, 1.54) is 0 Å². The van der Waals surface area contributed by atoms with Gasteiger partial charge in [0.1, 0.15) is 5.82 Å². The van der Waals surface area contributed by atoms with Crippen LogP contribution in [0.25, 0.3) is 11.0 Å². The summed E-state index contributed by atoms with van der Waals surface area (Å²) in [5.41, 5.74) is 1.47. The molecule has 2 aromatic rings. The van der Waals surface area contributed by atoms with Crippen LogP contribution in [-0.4, -0.2) is 34.8 Å². The first-order valence-electron chi connectivity index (χ1n) is 5.79. The van der Waals surface area contributed by atoms with Crippen molar-refractivity contribution >= 4 is 16.9 Å². The lowest BCUT2D eigenvalue weighted by Crippen LogP contribution is -2.45. The van der Waals surface area contributed by atoms with Gasteiger partial charge in [0.25, 0.3) is 5.91 Å². The fourth-order valence-corrected chi connectivity index (χ4v) is 1.64. The molecule has 8 heteroatoms. The lowest BCUT2D eigenvalue weighted by atomic mass is 10.3. The van der Waals surface area contributed by atoms with Gasteiger partial charge in [-0.2, -0.15) is 8.78 Å². The second-order valence-corrected chi connectivity index (χ2v) is 4.13. The number of alkyl halides is 4. The van der Waals surface area contributed by atoms with Crippen molar-refractivity contribution in [3.8, 4) is 0 Å². The van der Waals surface area contributed by atoms with Gasteiger partial charge >= 0.3 is 12.3 Å². The largest absolute Gasteiger partial charge is 0.383 e. The van der Waals surface area contributed by atoms with Crippen molar-refractivity contribution in [3.05, 3.63) is 30.1 Å². The summed E-state index contributed by atoms with van der Waals surface area (Å²) in [6.45, 7) is -0.207. The highest BCUT2D eigenvalue weighted by Crippen LogP contribution is 2.22. The number of carbonyl (C=O) groups is 1. The number of fused-ring (bicyclic) bond motifs is 1. The number of aromatic amines is 1. The van der Waals surface area contributed by atoms with Crippen LogP contribution in [0.2, 0.25) is 0 Å². The number of carbonyl (C=O) groups excluding carboxylic acids is 1. The normalized spacial score (nSPS) is 12.1. The van der Waals surface area contributed by atoms with Crippen molar-refractivity contribution < 1.29 is 22.4 Å². The molecule has 20 heavy (non-hydrogen) atoms. The molecular formula is C12H11F4N3O. The van der Waals surface area contributed by atoms with E-state index in [1.54, 1.807) is 29.6 Å². The van der Waals surface area contributed by atoms with E-state index in [4.69, 9.17) is 0 Å². The zero-order chi connectivity index (χ0) is 14.8. The number of rotatable bonds is 5. The minimum Gasteiger partial charge on any atom is -0.350 e. The standard InChI is InChI=1S/C12H11F4N3O/c13-10(14)12(15,16)11(20)17-6-5-9-18-7-3-1-2-4-8(7)19-9/h1-4,10H,5-6H2,(H,17,20)(H,18,19). The third kappa shape index (κ3) is 2.89.